The summed E-state index contributed by atoms with van der Waals surface area (Å²) in [5.74, 6) is 0.741. The van der Waals surface area contributed by atoms with E-state index in [0.29, 0.717) is 27.7 Å². The van der Waals surface area contributed by atoms with Gasteiger partial charge in [-0.1, -0.05) is 6.92 Å². The molecule has 0 radical (unpaired) electrons. The molecular formula is C21H20N6O5S. The number of hydrogen-bond acceptors (Lipinski definition) is 8. The highest BCUT2D eigenvalue weighted by Crippen LogP contribution is 2.35. The van der Waals surface area contributed by atoms with Crippen LogP contribution in [0.5, 0.6) is 0 Å². The third-order valence-corrected chi connectivity index (χ3v) is 6.89. The Bertz CT molecular complexity index is 1460. The quantitative estimate of drug-likeness (QED) is 0.351. The van der Waals surface area contributed by atoms with Crippen LogP contribution in [0.15, 0.2) is 33.7 Å². The number of amides is 1. The molecule has 4 aromatic heterocycles. The van der Waals surface area contributed by atoms with Crippen molar-refractivity contribution in [2.45, 2.75) is 39.7 Å². The van der Waals surface area contributed by atoms with Crippen LogP contribution in [0.3, 0.4) is 0 Å². The van der Waals surface area contributed by atoms with E-state index in [9.17, 15) is 19.7 Å². The van der Waals surface area contributed by atoms with Gasteiger partial charge in [0.2, 0.25) is 0 Å². The largest absolute Gasteiger partial charge is 0.454 e. The average Bonchev–Trinajstić information content (AvgIpc) is 3.49. The second kappa shape index (κ2) is 7.96. The van der Waals surface area contributed by atoms with Crippen LogP contribution in [-0.4, -0.2) is 30.3 Å². The Kier molecular flexibility index (Phi) is 5.08. The molecule has 0 fully saturated rings. The normalized spacial score (nSPS) is 15.5. The molecule has 0 saturated heterocycles. The molecule has 1 amide bonds. The van der Waals surface area contributed by atoms with Gasteiger partial charge >= 0.3 is 11.6 Å². The molecular weight excluding hydrogens is 448 g/mol. The molecule has 4 aromatic rings. The minimum Gasteiger partial charge on any atom is -0.454 e. The number of nitro groups is 1. The van der Waals surface area contributed by atoms with Crippen LogP contribution >= 0.6 is 11.3 Å². The number of carbonyl (C=O) groups is 1. The van der Waals surface area contributed by atoms with Crippen molar-refractivity contribution in [1.29, 1.82) is 0 Å². The summed E-state index contributed by atoms with van der Waals surface area (Å²) < 4.78 is 8.07. The highest BCUT2D eigenvalue weighted by atomic mass is 32.1. The van der Waals surface area contributed by atoms with E-state index in [-0.39, 0.29) is 23.6 Å². The molecule has 170 valence electrons. The van der Waals surface area contributed by atoms with Gasteiger partial charge in [-0.15, -0.1) is 11.3 Å². The lowest BCUT2D eigenvalue weighted by atomic mass is 9.89. The van der Waals surface area contributed by atoms with Crippen molar-refractivity contribution in [3.05, 3.63) is 72.8 Å². The van der Waals surface area contributed by atoms with Gasteiger partial charge in [-0.3, -0.25) is 29.8 Å². The predicted molar refractivity (Wildman–Crippen MR) is 120 cm³/mol. The predicted octanol–water partition coefficient (Wildman–Crippen LogP) is 3.02. The number of fused-ring (bicyclic) bond motifs is 3. The van der Waals surface area contributed by atoms with Gasteiger partial charge in [-0.05, 0) is 49.8 Å². The third-order valence-electron chi connectivity index (χ3n) is 5.74. The number of furan rings is 1. The molecule has 5 rings (SSSR count). The summed E-state index contributed by atoms with van der Waals surface area (Å²) in [6.07, 6.45) is 5.20. The fourth-order valence-electron chi connectivity index (χ4n) is 4.06. The summed E-state index contributed by atoms with van der Waals surface area (Å²) in [6.45, 7) is 3.99. The molecule has 33 heavy (non-hydrogen) atoms. The third kappa shape index (κ3) is 3.82. The minimum atomic E-state index is -0.600. The first kappa shape index (κ1) is 21.1. The maximum atomic E-state index is 13.3. The first-order valence-corrected chi connectivity index (χ1v) is 11.2. The van der Waals surface area contributed by atoms with Crippen LogP contribution in [0.1, 0.15) is 45.9 Å². The number of thiophene rings is 1. The van der Waals surface area contributed by atoms with Crippen molar-refractivity contribution in [2.75, 3.05) is 5.43 Å². The van der Waals surface area contributed by atoms with E-state index in [2.05, 4.69) is 22.4 Å². The summed E-state index contributed by atoms with van der Waals surface area (Å²) in [6, 6.07) is 3.05. The van der Waals surface area contributed by atoms with Crippen molar-refractivity contribution < 1.29 is 14.1 Å². The Morgan fingerprint density at radius 3 is 3.00 bits per heavy atom. The lowest BCUT2D eigenvalue weighted by molar-refractivity contribution is -0.385. The zero-order chi connectivity index (χ0) is 23.3. The Hall–Kier alpha value is -3.80. The molecule has 4 heterocycles. The number of hydrogen-bond donors (Lipinski definition) is 1. The van der Waals surface area contributed by atoms with Crippen molar-refractivity contribution in [2.24, 2.45) is 5.92 Å². The highest BCUT2D eigenvalue weighted by Gasteiger charge is 2.25. The highest BCUT2D eigenvalue weighted by molar-refractivity contribution is 7.18. The first-order chi connectivity index (χ1) is 15.8. The zero-order valence-electron chi connectivity index (χ0n) is 17.9. The van der Waals surface area contributed by atoms with E-state index in [1.807, 2.05) is 0 Å². The second-order valence-electron chi connectivity index (χ2n) is 8.19. The topological polar surface area (TPSA) is 138 Å². The first-order valence-electron chi connectivity index (χ1n) is 10.4. The van der Waals surface area contributed by atoms with E-state index in [4.69, 9.17) is 4.42 Å². The van der Waals surface area contributed by atoms with Gasteiger partial charge in [0.25, 0.3) is 5.56 Å². The SMILES string of the molecule is Cc1nc2sc3c(c2c(=O)n1NC(=O)c1ccc(Cn2cc([N+](=O)[O-])cn2)o1)CC[C@H](C)C3. The zero-order valence-corrected chi connectivity index (χ0v) is 18.7. The Balaban J connectivity index is 1.39. The Morgan fingerprint density at radius 1 is 1.42 bits per heavy atom. The number of aryl methyl sites for hydroxylation is 2. The maximum absolute atomic E-state index is 13.3. The molecule has 0 aromatic carbocycles. The van der Waals surface area contributed by atoms with Gasteiger partial charge in [-0.2, -0.15) is 5.10 Å². The van der Waals surface area contributed by atoms with Crippen LogP contribution in [0.25, 0.3) is 10.2 Å². The number of carbonyl (C=O) groups excluding carboxylic acids is 1. The smallest absolute Gasteiger partial charge is 0.307 e. The lowest BCUT2D eigenvalue weighted by Gasteiger charge is -2.17. The fraction of sp³-hybridized carbons (Fsp3) is 0.333. The second-order valence-corrected chi connectivity index (χ2v) is 9.28. The number of aromatic nitrogens is 4. The van der Waals surface area contributed by atoms with E-state index >= 15 is 0 Å². The molecule has 1 aliphatic rings. The van der Waals surface area contributed by atoms with Crippen LogP contribution in [-0.2, 0) is 19.4 Å². The van der Waals surface area contributed by atoms with Crippen LogP contribution in [0.4, 0.5) is 5.69 Å². The maximum Gasteiger partial charge on any atom is 0.307 e. The van der Waals surface area contributed by atoms with Crippen LogP contribution < -0.4 is 11.0 Å². The van der Waals surface area contributed by atoms with Gasteiger partial charge < -0.3 is 4.42 Å². The fourth-order valence-corrected chi connectivity index (χ4v) is 5.48. The monoisotopic (exact) mass is 468 g/mol. The summed E-state index contributed by atoms with van der Waals surface area (Å²) in [4.78, 5) is 42.7. The van der Waals surface area contributed by atoms with Crippen molar-refractivity contribution in [3.63, 3.8) is 0 Å². The molecule has 0 aliphatic heterocycles. The molecule has 12 heteroatoms. The van der Waals surface area contributed by atoms with Gasteiger partial charge in [0.05, 0.1) is 16.9 Å². The average molecular weight is 468 g/mol. The Morgan fingerprint density at radius 2 is 2.24 bits per heavy atom. The molecule has 1 aliphatic carbocycles. The number of nitrogens with one attached hydrogen (secondary N) is 1. The van der Waals surface area contributed by atoms with E-state index in [1.54, 1.807) is 24.3 Å². The van der Waals surface area contributed by atoms with Crippen LogP contribution in [0, 0.1) is 23.0 Å². The molecule has 0 spiro atoms. The number of rotatable bonds is 5. The van der Waals surface area contributed by atoms with Gasteiger partial charge in [0.1, 0.15) is 28.8 Å². The molecule has 0 bridgehead atoms. The summed E-state index contributed by atoms with van der Waals surface area (Å²) >= 11 is 1.56. The van der Waals surface area contributed by atoms with Crippen LogP contribution in [0.2, 0.25) is 0 Å². The molecule has 1 atom stereocenters. The van der Waals surface area contributed by atoms with Crippen molar-refractivity contribution in [1.82, 2.24) is 19.4 Å². The molecule has 0 saturated carbocycles. The number of nitrogens with zero attached hydrogens (tertiary/aromatic N) is 5. The summed E-state index contributed by atoms with van der Waals surface area (Å²) in [7, 11) is 0. The lowest BCUT2D eigenvalue weighted by Crippen LogP contribution is -2.35. The summed E-state index contributed by atoms with van der Waals surface area (Å²) in [5.41, 5.74) is 3.20. The Labute approximate surface area is 190 Å². The van der Waals surface area contributed by atoms with E-state index in [0.717, 1.165) is 35.7 Å². The van der Waals surface area contributed by atoms with E-state index in [1.165, 1.54) is 21.8 Å². The van der Waals surface area contributed by atoms with Gasteiger partial charge in [0, 0.05) is 4.88 Å². The van der Waals surface area contributed by atoms with Gasteiger partial charge in [0.15, 0.2) is 5.76 Å². The van der Waals surface area contributed by atoms with Crippen molar-refractivity contribution in [3.8, 4) is 0 Å². The molecule has 1 N–H and O–H groups in total. The summed E-state index contributed by atoms with van der Waals surface area (Å²) in [5, 5.41) is 15.3. The molecule has 11 nitrogen and oxygen atoms in total. The minimum absolute atomic E-state index is 0.000718. The van der Waals surface area contributed by atoms with Gasteiger partial charge in [-0.25, -0.2) is 9.66 Å². The standard InChI is InChI=1S/C21H20N6O5S/c1-11-3-5-15-17(7-11)33-20-18(15)21(29)26(12(2)23-20)24-19(28)16-6-4-14(32-16)10-25-9-13(8-22-25)27(30)31/h4,6,8-9,11H,3,5,7,10H2,1-2H3,(H,24,28)/t11-/m0/s1. The molecule has 0 unspecified atom stereocenters. The van der Waals surface area contributed by atoms with Crippen molar-refractivity contribution >= 4 is 33.1 Å². The van der Waals surface area contributed by atoms with E-state index < -0.39 is 10.8 Å².